The van der Waals surface area contributed by atoms with E-state index in [9.17, 15) is 10.1 Å². The van der Waals surface area contributed by atoms with Crippen LogP contribution in [0.2, 0.25) is 0 Å². The summed E-state index contributed by atoms with van der Waals surface area (Å²) in [6.45, 7) is 0.0169. The number of hydrogen-bond donors (Lipinski definition) is 0. The first-order chi connectivity index (χ1) is 13.2. The van der Waals surface area contributed by atoms with Gasteiger partial charge in [-0.25, -0.2) is 4.79 Å². The number of rotatable bonds is 6. The Kier molecular flexibility index (Phi) is 5.43. The molecule has 0 unspecified atom stereocenters. The van der Waals surface area contributed by atoms with Gasteiger partial charge in [0.1, 0.15) is 12.7 Å². The lowest BCUT2D eigenvalue weighted by atomic mass is 10.1. The van der Waals surface area contributed by atoms with E-state index in [4.69, 9.17) is 14.2 Å². The molecule has 0 fully saturated rings. The van der Waals surface area contributed by atoms with Gasteiger partial charge in [-0.3, -0.25) is 0 Å². The van der Waals surface area contributed by atoms with Crippen LogP contribution in [0.4, 0.5) is 0 Å². The number of para-hydroxylation sites is 1. The van der Waals surface area contributed by atoms with E-state index in [-0.39, 0.29) is 6.61 Å². The number of pyridine rings is 1. The van der Waals surface area contributed by atoms with Crippen LogP contribution in [0, 0.1) is 11.3 Å². The third-order valence-electron chi connectivity index (χ3n) is 4.08. The Hall–Kier alpha value is -3.72. The molecular formula is C21H18N2O4. The standard InChI is InChI=1S/C21H18N2O4/c1-25-19-8-5-6-15(21(19)26-2)9-10-20(24)27-14-16-13-23-11-4-3-7-18(23)17(16)12-22/h3-11,13H,14H2,1-2H3/b10-9+. The fourth-order valence-corrected chi connectivity index (χ4v) is 2.81. The molecule has 0 N–H and O–H groups in total. The van der Waals surface area contributed by atoms with Crippen molar-refractivity contribution >= 4 is 17.6 Å². The Labute approximate surface area is 156 Å². The Bertz CT molecular complexity index is 1040. The normalized spacial score (nSPS) is 10.7. The molecule has 136 valence electrons. The minimum absolute atomic E-state index is 0.0169. The van der Waals surface area contributed by atoms with Crippen LogP contribution in [0.25, 0.3) is 11.6 Å². The van der Waals surface area contributed by atoms with Crippen LogP contribution >= 0.6 is 0 Å². The zero-order valence-corrected chi connectivity index (χ0v) is 15.0. The SMILES string of the molecule is COc1cccc(/C=C/C(=O)OCc2cn3ccccc3c2C#N)c1OC. The Morgan fingerprint density at radius 1 is 1.19 bits per heavy atom. The highest BCUT2D eigenvalue weighted by molar-refractivity contribution is 5.88. The second-order valence-corrected chi connectivity index (χ2v) is 5.66. The van der Waals surface area contributed by atoms with E-state index < -0.39 is 5.97 Å². The fourth-order valence-electron chi connectivity index (χ4n) is 2.81. The maximum absolute atomic E-state index is 12.1. The monoisotopic (exact) mass is 362 g/mol. The van der Waals surface area contributed by atoms with Crippen molar-refractivity contribution in [1.29, 1.82) is 5.26 Å². The van der Waals surface area contributed by atoms with Gasteiger partial charge in [0.05, 0.1) is 25.3 Å². The zero-order chi connectivity index (χ0) is 19.2. The summed E-state index contributed by atoms with van der Waals surface area (Å²) in [5.74, 6) is 0.598. The smallest absolute Gasteiger partial charge is 0.331 e. The molecular weight excluding hydrogens is 344 g/mol. The molecule has 3 rings (SSSR count). The van der Waals surface area contributed by atoms with Crippen molar-refractivity contribution in [3.63, 3.8) is 0 Å². The van der Waals surface area contributed by atoms with E-state index in [0.717, 1.165) is 5.52 Å². The van der Waals surface area contributed by atoms with Gasteiger partial charge in [0.15, 0.2) is 11.5 Å². The van der Waals surface area contributed by atoms with Crippen molar-refractivity contribution < 1.29 is 19.0 Å². The summed E-state index contributed by atoms with van der Waals surface area (Å²) in [6, 6.07) is 13.1. The van der Waals surface area contributed by atoms with Gasteiger partial charge in [0.25, 0.3) is 0 Å². The summed E-state index contributed by atoms with van der Waals surface area (Å²) < 4.78 is 17.7. The summed E-state index contributed by atoms with van der Waals surface area (Å²) in [5.41, 5.74) is 2.63. The van der Waals surface area contributed by atoms with E-state index in [1.165, 1.54) is 13.2 Å². The molecule has 2 heterocycles. The minimum Gasteiger partial charge on any atom is -0.493 e. The molecule has 0 saturated heterocycles. The summed E-state index contributed by atoms with van der Waals surface area (Å²) >= 11 is 0. The van der Waals surface area contributed by atoms with Gasteiger partial charge in [0.2, 0.25) is 0 Å². The number of hydrogen-bond acceptors (Lipinski definition) is 5. The van der Waals surface area contributed by atoms with Crippen LogP contribution in [-0.2, 0) is 16.1 Å². The van der Waals surface area contributed by atoms with Crippen molar-refractivity contribution in [1.82, 2.24) is 4.40 Å². The van der Waals surface area contributed by atoms with E-state index in [2.05, 4.69) is 6.07 Å². The molecule has 6 nitrogen and oxygen atoms in total. The first-order valence-electron chi connectivity index (χ1n) is 8.22. The Morgan fingerprint density at radius 2 is 2.04 bits per heavy atom. The van der Waals surface area contributed by atoms with Crippen molar-refractivity contribution in [2.45, 2.75) is 6.61 Å². The van der Waals surface area contributed by atoms with E-state index in [1.54, 1.807) is 37.6 Å². The number of carbonyl (C=O) groups is 1. The molecule has 0 aliphatic heterocycles. The molecule has 2 aromatic heterocycles. The lowest BCUT2D eigenvalue weighted by Crippen LogP contribution is -2.01. The van der Waals surface area contributed by atoms with Gasteiger partial charge in [0, 0.05) is 29.6 Å². The Balaban J connectivity index is 1.73. The largest absolute Gasteiger partial charge is 0.493 e. The van der Waals surface area contributed by atoms with Crippen molar-refractivity contribution in [2.75, 3.05) is 14.2 Å². The van der Waals surface area contributed by atoms with Crippen molar-refractivity contribution in [3.8, 4) is 17.6 Å². The number of carbonyl (C=O) groups excluding carboxylic acids is 1. The highest BCUT2D eigenvalue weighted by atomic mass is 16.5. The molecule has 0 bridgehead atoms. The molecule has 3 aromatic rings. The van der Waals surface area contributed by atoms with Gasteiger partial charge in [-0.2, -0.15) is 5.26 Å². The Morgan fingerprint density at radius 3 is 2.78 bits per heavy atom. The lowest BCUT2D eigenvalue weighted by Gasteiger charge is -2.09. The second kappa shape index (κ2) is 8.11. The average Bonchev–Trinajstić information content (AvgIpc) is 3.07. The van der Waals surface area contributed by atoms with E-state index >= 15 is 0 Å². The highest BCUT2D eigenvalue weighted by Crippen LogP contribution is 2.31. The number of methoxy groups -OCH3 is 2. The molecule has 0 aliphatic rings. The first-order valence-corrected chi connectivity index (χ1v) is 8.22. The quantitative estimate of drug-likeness (QED) is 0.495. The molecule has 0 spiro atoms. The number of nitriles is 1. The van der Waals surface area contributed by atoms with Gasteiger partial charge in [-0.1, -0.05) is 18.2 Å². The fraction of sp³-hybridized carbons (Fsp3) is 0.143. The zero-order valence-electron chi connectivity index (χ0n) is 15.0. The lowest BCUT2D eigenvalue weighted by molar-refractivity contribution is -0.138. The summed E-state index contributed by atoms with van der Waals surface area (Å²) in [6.07, 6.45) is 6.55. The molecule has 0 saturated carbocycles. The molecule has 0 aliphatic carbocycles. The van der Waals surface area contributed by atoms with Crippen LogP contribution in [0.1, 0.15) is 16.7 Å². The minimum atomic E-state index is -0.515. The topological polar surface area (TPSA) is 73.0 Å². The third kappa shape index (κ3) is 3.77. The molecule has 27 heavy (non-hydrogen) atoms. The number of fused-ring (bicyclic) bond motifs is 1. The third-order valence-corrected chi connectivity index (χ3v) is 4.08. The highest BCUT2D eigenvalue weighted by Gasteiger charge is 2.12. The molecule has 0 radical (unpaired) electrons. The summed E-state index contributed by atoms with van der Waals surface area (Å²) in [5, 5.41) is 9.39. The van der Waals surface area contributed by atoms with Crippen LogP contribution in [-0.4, -0.2) is 24.6 Å². The molecule has 1 aromatic carbocycles. The van der Waals surface area contributed by atoms with E-state index in [0.29, 0.717) is 28.2 Å². The van der Waals surface area contributed by atoms with Gasteiger partial charge < -0.3 is 18.6 Å². The van der Waals surface area contributed by atoms with Crippen molar-refractivity contribution in [2.24, 2.45) is 0 Å². The molecule has 0 amide bonds. The van der Waals surface area contributed by atoms with Crippen LogP contribution in [0.15, 0.2) is 54.9 Å². The number of esters is 1. The summed E-state index contributed by atoms with van der Waals surface area (Å²) in [7, 11) is 3.09. The summed E-state index contributed by atoms with van der Waals surface area (Å²) in [4.78, 5) is 12.1. The maximum atomic E-state index is 12.1. The van der Waals surface area contributed by atoms with E-state index in [1.807, 2.05) is 28.8 Å². The van der Waals surface area contributed by atoms with Crippen LogP contribution in [0.3, 0.4) is 0 Å². The predicted molar refractivity (Wildman–Crippen MR) is 100 cm³/mol. The van der Waals surface area contributed by atoms with Gasteiger partial charge in [-0.05, 0) is 24.3 Å². The van der Waals surface area contributed by atoms with Crippen LogP contribution in [0.5, 0.6) is 11.5 Å². The van der Waals surface area contributed by atoms with Gasteiger partial charge >= 0.3 is 5.97 Å². The average molecular weight is 362 g/mol. The van der Waals surface area contributed by atoms with Gasteiger partial charge in [-0.15, -0.1) is 0 Å². The number of benzene rings is 1. The molecule has 0 atom stereocenters. The predicted octanol–water partition coefficient (Wildman–Crippen LogP) is 3.58. The number of aromatic nitrogens is 1. The first kappa shape index (κ1) is 18.1. The maximum Gasteiger partial charge on any atom is 0.331 e. The number of ether oxygens (including phenoxy) is 3. The second-order valence-electron chi connectivity index (χ2n) is 5.66. The number of nitrogens with zero attached hydrogens (tertiary/aromatic N) is 2. The molecule has 6 heteroatoms. The van der Waals surface area contributed by atoms with Crippen LogP contribution < -0.4 is 9.47 Å². The van der Waals surface area contributed by atoms with Crippen molar-refractivity contribution in [3.05, 3.63) is 71.6 Å².